The first kappa shape index (κ1) is 16.9. The molecule has 0 heterocycles. The fourth-order valence-corrected chi connectivity index (χ4v) is 2.75. The lowest BCUT2D eigenvalue weighted by Crippen LogP contribution is -2.13. The first-order valence-corrected chi connectivity index (χ1v) is 7.88. The summed E-state index contributed by atoms with van der Waals surface area (Å²) in [5, 5.41) is 0.126. The predicted octanol–water partition coefficient (Wildman–Crippen LogP) is 4.26. The third-order valence-electron chi connectivity index (χ3n) is 2.45. The Bertz CT molecular complexity index is 462. The summed E-state index contributed by atoms with van der Waals surface area (Å²) in [6.45, 7) is 8.14. The third-order valence-corrected chi connectivity index (χ3v) is 3.88. The molecule has 1 rings (SSSR count). The molecule has 0 saturated carbocycles. The summed E-state index contributed by atoms with van der Waals surface area (Å²) in [6, 6.07) is 5.36. The van der Waals surface area contributed by atoms with Crippen LogP contribution in [0.25, 0.3) is 0 Å². The van der Waals surface area contributed by atoms with E-state index in [-0.39, 0.29) is 11.2 Å². The van der Waals surface area contributed by atoms with Gasteiger partial charge in [-0.1, -0.05) is 37.2 Å². The maximum atomic E-state index is 12.0. The van der Waals surface area contributed by atoms with Crippen LogP contribution in [0.3, 0.4) is 0 Å². The second-order valence-electron chi connectivity index (χ2n) is 3.88. The zero-order valence-corrected chi connectivity index (χ0v) is 13.3. The van der Waals surface area contributed by atoms with E-state index in [1.165, 1.54) is 11.8 Å². The molecule has 1 aromatic rings. The van der Waals surface area contributed by atoms with Crippen molar-refractivity contribution in [3.63, 3.8) is 0 Å². The quantitative estimate of drug-likeness (QED) is 0.530. The second-order valence-corrected chi connectivity index (χ2v) is 5.67. The van der Waals surface area contributed by atoms with E-state index >= 15 is 0 Å². The average Bonchev–Trinajstić information content (AvgIpc) is 2.43. The summed E-state index contributed by atoms with van der Waals surface area (Å²) in [4.78, 5) is 12.0. The maximum Gasteiger partial charge on any atom is 0.323 e. The van der Waals surface area contributed by atoms with Crippen LogP contribution in [-0.4, -0.2) is 24.9 Å². The molecule has 0 N–H and O–H groups in total. The first-order valence-electron chi connectivity index (χ1n) is 6.45. The highest BCUT2D eigenvalue weighted by Crippen LogP contribution is 2.34. The zero-order valence-electron chi connectivity index (χ0n) is 11.7. The molecule has 110 valence electrons. The molecule has 20 heavy (non-hydrogen) atoms. The number of hydrogen-bond acceptors (Lipinski definition) is 4. The predicted molar refractivity (Wildman–Crippen MR) is 84.7 cm³/mol. The van der Waals surface area contributed by atoms with Crippen molar-refractivity contribution in [2.75, 3.05) is 19.0 Å². The fraction of sp³-hybridized carbons (Fsp3) is 0.400. The Morgan fingerprint density at radius 3 is 2.80 bits per heavy atom. The minimum atomic E-state index is -0.356. The van der Waals surface area contributed by atoms with E-state index in [0.717, 1.165) is 11.3 Å². The SMILES string of the molecule is C=CCOc1ccc(C(SCC)C(=O)OCC)cc1Cl. The molecule has 0 radical (unpaired) electrons. The Kier molecular flexibility index (Phi) is 7.55. The van der Waals surface area contributed by atoms with Crippen molar-refractivity contribution in [1.82, 2.24) is 0 Å². The molecule has 0 aromatic heterocycles. The number of carbonyl (C=O) groups excluding carboxylic acids is 1. The summed E-state index contributed by atoms with van der Waals surface area (Å²) in [5.41, 5.74) is 0.825. The van der Waals surface area contributed by atoms with Crippen LogP contribution in [0.4, 0.5) is 0 Å². The van der Waals surface area contributed by atoms with Gasteiger partial charge in [0.05, 0.1) is 11.6 Å². The van der Waals surface area contributed by atoms with Gasteiger partial charge < -0.3 is 9.47 Å². The van der Waals surface area contributed by atoms with E-state index in [1.54, 1.807) is 25.1 Å². The van der Waals surface area contributed by atoms with Gasteiger partial charge in [0.2, 0.25) is 0 Å². The lowest BCUT2D eigenvalue weighted by Gasteiger charge is -2.16. The Labute approximate surface area is 129 Å². The van der Waals surface area contributed by atoms with Gasteiger partial charge in [-0.3, -0.25) is 4.79 Å². The first-order chi connectivity index (χ1) is 9.63. The lowest BCUT2D eigenvalue weighted by molar-refractivity contribution is -0.142. The number of benzene rings is 1. The number of halogens is 1. The average molecular weight is 315 g/mol. The van der Waals surface area contributed by atoms with Gasteiger partial charge in [0.25, 0.3) is 0 Å². The highest BCUT2D eigenvalue weighted by Gasteiger charge is 2.22. The molecule has 1 unspecified atom stereocenters. The van der Waals surface area contributed by atoms with Crippen LogP contribution >= 0.6 is 23.4 Å². The van der Waals surface area contributed by atoms with Crippen molar-refractivity contribution in [3.05, 3.63) is 41.4 Å². The van der Waals surface area contributed by atoms with Crippen LogP contribution < -0.4 is 4.74 Å². The van der Waals surface area contributed by atoms with Crippen molar-refractivity contribution >= 4 is 29.3 Å². The molecule has 0 aliphatic carbocycles. The largest absolute Gasteiger partial charge is 0.488 e. The number of thioether (sulfide) groups is 1. The monoisotopic (exact) mass is 314 g/mol. The van der Waals surface area contributed by atoms with Crippen LogP contribution in [0.2, 0.25) is 5.02 Å². The van der Waals surface area contributed by atoms with Gasteiger partial charge in [-0.25, -0.2) is 0 Å². The molecule has 0 fully saturated rings. The summed E-state index contributed by atoms with van der Waals surface area (Å²) in [7, 11) is 0. The molecule has 0 bridgehead atoms. The van der Waals surface area contributed by atoms with Gasteiger partial charge >= 0.3 is 5.97 Å². The fourth-order valence-electron chi connectivity index (χ4n) is 1.63. The van der Waals surface area contributed by atoms with Gasteiger partial charge in [-0.15, -0.1) is 11.8 Å². The highest BCUT2D eigenvalue weighted by atomic mass is 35.5. The number of hydrogen-bond donors (Lipinski definition) is 0. The van der Waals surface area contributed by atoms with Crippen molar-refractivity contribution in [2.24, 2.45) is 0 Å². The molecule has 1 atom stereocenters. The zero-order chi connectivity index (χ0) is 15.0. The van der Waals surface area contributed by atoms with Crippen LogP contribution in [-0.2, 0) is 9.53 Å². The molecule has 5 heteroatoms. The summed E-state index contributed by atoms with van der Waals surface area (Å²) >= 11 is 7.69. The van der Waals surface area contributed by atoms with Crippen molar-refractivity contribution in [1.29, 1.82) is 0 Å². The summed E-state index contributed by atoms with van der Waals surface area (Å²) < 4.78 is 10.5. The Hall–Kier alpha value is -1.13. The molecule has 0 aliphatic heterocycles. The van der Waals surface area contributed by atoms with E-state index in [1.807, 2.05) is 13.0 Å². The number of esters is 1. The van der Waals surface area contributed by atoms with Crippen LogP contribution in [0.5, 0.6) is 5.75 Å². The normalized spacial score (nSPS) is 11.8. The Morgan fingerprint density at radius 2 is 2.25 bits per heavy atom. The third kappa shape index (κ3) is 4.76. The lowest BCUT2D eigenvalue weighted by atomic mass is 10.1. The van der Waals surface area contributed by atoms with E-state index in [4.69, 9.17) is 21.1 Å². The molecule has 0 amide bonds. The molecular formula is C15H19ClO3S. The maximum absolute atomic E-state index is 12.0. The van der Waals surface area contributed by atoms with Gasteiger partial charge in [0.1, 0.15) is 17.6 Å². The Morgan fingerprint density at radius 1 is 1.50 bits per heavy atom. The summed E-state index contributed by atoms with van der Waals surface area (Å²) in [5.74, 6) is 1.16. The topological polar surface area (TPSA) is 35.5 Å². The number of rotatable bonds is 8. The van der Waals surface area contributed by atoms with Gasteiger partial charge in [-0.2, -0.15) is 0 Å². The number of carbonyl (C=O) groups is 1. The minimum absolute atomic E-state index is 0.241. The van der Waals surface area contributed by atoms with E-state index in [0.29, 0.717) is 24.0 Å². The smallest absolute Gasteiger partial charge is 0.323 e. The van der Waals surface area contributed by atoms with E-state index in [2.05, 4.69) is 6.58 Å². The molecule has 3 nitrogen and oxygen atoms in total. The molecular weight excluding hydrogens is 296 g/mol. The van der Waals surface area contributed by atoms with Gasteiger partial charge in [-0.05, 0) is 30.4 Å². The van der Waals surface area contributed by atoms with E-state index < -0.39 is 0 Å². The van der Waals surface area contributed by atoms with Crippen molar-refractivity contribution in [3.8, 4) is 5.75 Å². The van der Waals surface area contributed by atoms with E-state index in [9.17, 15) is 4.79 Å². The molecule has 0 spiro atoms. The standard InChI is InChI=1S/C15H19ClO3S/c1-4-9-19-13-8-7-11(10-12(13)16)14(20-6-3)15(17)18-5-2/h4,7-8,10,14H,1,5-6,9H2,2-3H3. The van der Waals surface area contributed by atoms with Crippen LogP contribution in [0.15, 0.2) is 30.9 Å². The van der Waals surface area contributed by atoms with Crippen LogP contribution in [0, 0.1) is 0 Å². The highest BCUT2D eigenvalue weighted by molar-refractivity contribution is 8.00. The molecule has 0 aliphatic rings. The Balaban J connectivity index is 2.94. The summed E-state index contributed by atoms with van der Waals surface area (Å²) in [6.07, 6.45) is 1.65. The van der Waals surface area contributed by atoms with Gasteiger partial charge in [0.15, 0.2) is 0 Å². The van der Waals surface area contributed by atoms with Gasteiger partial charge in [0, 0.05) is 0 Å². The van der Waals surface area contributed by atoms with Crippen molar-refractivity contribution in [2.45, 2.75) is 19.1 Å². The minimum Gasteiger partial charge on any atom is -0.488 e. The van der Waals surface area contributed by atoms with Crippen molar-refractivity contribution < 1.29 is 14.3 Å². The molecule has 0 saturated heterocycles. The molecule has 1 aromatic carbocycles. The second kappa shape index (κ2) is 8.93. The van der Waals surface area contributed by atoms with Crippen LogP contribution in [0.1, 0.15) is 24.7 Å². The number of ether oxygens (including phenoxy) is 2.